The van der Waals surface area contributed by atoms with Crippen LogP contribution in [0.25, 0.3) is 22.5 Å². The summed E-state index contributed by atoms with van der Waals surface area (Å²) in [4.78, 5) is 4.04. The van der Waals surface area contributed by atoms with Crippen molar-refractivity contribution in [2.45, 2.75) is 0 Å². The summed E-state index contributed by atoms with van der Waals surface area (Å²) in [6.45, 7) is 0. The van der Waals surface area contributed by atoms with E-state index in [1.807, 2.05) is 24.3 Å². The van der Waals surface area contributed by atoms with Crippen LogP contribution in [0.4, 0.5) is 5.82 Å². The normalized spacial score (nSPS) is 10.6. The fourth-order valence-corrected chi connectivity index (χ4v) is 2.38. The first-order chi connectivity index (χ1) is 10.2. The predicted octanol–water partition coefficient (Wildman–Crippen LogP) is 3.76. The van der Waals surface area contributed by atoms with Crippen molar-refractivity contribution in [3.63, 3.8) is 0 Å². The maximum absolute atomic E-state index is 5.97. The van der Waals surface area contributed by atoms with E-state index in [0.717, 1.165) is 21.2 Å². The number of benzene rings is 1. The molecule has 3 rings (SSSR count). The second-order valence-corrected chi connectivity index (χ2v) is 5.27. The summed E-state index contributed by atoms with van der Waals surface area (Å²) in [5, 5.41) is 3.88. The Hall–Kier alpha value is -2.34. The molecule has 0 spiro atoms. The molecule has 0 unspecified atom stereocenters. The Morgan fingerprint density at radius 1 is 1.19 bits per heavy atom. The number of pyridine rings is 1. The van der Waals surface area contributed by atoms with Crippen LogP contribution in [0.3, 0.4) is 0 Å². The largest absolute Gasteiger partial charge is 0.494 e. The van der Waals surface area contributed by atoms with Gasteiger partial charge in [-0.25, -0.2) is 0 Å². The Morgan fingerprint density at radius 2 is 1.95 bits per heavy atom. The number of nitrogen functional groups attached to an aromatic ring is 1. The molecule has 0 radical (unpaired) electrons. The number of methoxy groups -OCH3 is 1. The minimum Gasteiger partial charge on any atom is -0.494 e. The van der Waals surface area contributed by atoms with E-state index in [2.05, 4.69) is 26.1 Å². The molecule has 1 aromatic carbocycles. The van der Waals surface area contributed by atoms with E-state index >= 15 is 0 Å². The molecule has 2 heterocycles. The van der Waals surface area contributed by atoms with E-state index in [1.54, 1.807) is 25.6 Å². The molecule has 0 aliphatic carbocycles. The van der Waals surface area contributed by atoms with Gasteiger partial charge >= 0.3 is 0 Å². The van der Waals surface area contributed by atoms with Gasteiger partial charge < -0.3 is 15.0 Å². The van der Waals surface area contributed by atoms with Crippen molar-refractivity contribution >= 4 is 21.7 Å². The summed E-state index contributed by atoms with van der Waals surface area (Å²) in [5.41, 5.74) is 8.39. The monoisotopic (exact) mass is 345 g/mol. The van der Waals surface area contributed by atoms with Crippen molar-refractivity contribution in [3.8, 4) is 28.2 Å². The van der Waals surface area contributed by atoms with Gasteiger partial charge in [0.2, 0.25) is 0 Å². The highest BCUT2D eigenvalue weighted by atomic mass is 79.9. The Morgan fingerprint density at radius 3 is 2.67 bits per heavy atom. The number of anilines is 1. The van der Waals surface area contributed by atoms with Crippen molar-refractivity contribution in [3.05, 3.63) is 47.2 Å². The van der Waals surface area contributed by atoms with Crippen LogP contribution in [-0.4, -0.2) is 17.3 Å². The maximum atomic E-state index is 5.97. The van der Waals surface area contributed by atoms with E-state index in [1.165, 1.54) is 0 Å². The van der Waals surface area contributed by atoms with Crippen molar-refractivity contribution in [1.29, 1.82) is 0 Å². The van der Waals surface area contributed by atoms with Gasteiger partial charge in [0.05, 0.1) is 24.4 Å². The Bertz CT molecular complexity index is 769. The molecule has 106 valence electrons. The second kappa shape index (κ2) is 5.57. The number of hydrogen-bond donors (Lipinski definition) is 1. The zero-order valence-electron chi connectivity index (χ0n) is 11.2. The summed E-state index contributed by atoms with van der Waals surface area (Å²) in [7, 11) is 1.58. The molecule has 2 N–H and O–H groups in total. The minimum atomic E-state index is 0.339. The average Bonchev–Trinajstić information content (AvgIpc) is 2.90. The molecule has 0 atom stereocenters. The molecular formula is C15H12BrN3O2. The lowest BCUT2D eigenvalue weighted by molar-refractivity contribution is 0.405. The van der Waals surface area contributed by atoms with E-state index in [0.29, 0.717) is 17.3 Å². The lowest BCUT2D eigenvalue weighted by Gasteiger charge is -2.07. The fraction of sp³-hybridized carbons (Fsp3) is 0.0667. The first-order valence-electron chi connectivity index (χ1n) is 6.20. The van der Waals surface area contributed by atoms with Crippen molar-refractivity contribution in [1.82, 2.24) is 10.1 Å². The first kappa shape index (κ1) is 13.6. The summed E-state index contributed by atoms with van der Waals surface area (Å²) < 4.78 is 11.7. The molecule has 0 bridgehead atoms. The molecule has 21 heavy (non-hydrogen) atoms. The first-order valence-corrected chi connectivity index (χ1v) is 6.99. The predicted molar refractivity (Wildman–Crippen MR) is 83.8 cm³/mol. The van der Waals surface area contributed by atoms with Crippen LogP contribution >= 0.6 is 15.9 Å². The average molecular weight is 346 g/mol. The lowest BCUT2D eigenvalue weighted by atomic mass is 10.0. The number of rotatable bonds is 3. The van der Waals surface area contributed by atoms with Crippen LogP contribution in [0.1, 0.15) is 0 Å². The number of hydrogen-bond acceptors (Lipinski definition) is 5. The van der Waals surface area contributed by atoms with Gasteiger partial charge in [0, 0.05) is 10.7 Å². The van der Waals surface area contributed by atoms with Crippen LogP contribution in [0.5, 0.6) is 5.75 Å². The standard InChI is InChI=1S/C15H12BrN3O2/c1-20-12-8-18-7-6-11(12)14-13(15(17)19-21-14)9-2-4-10(16)5-3-9/h2-8H,1H3,(H2,17,19). The fourth-order valence-electron chi connectivity index (χ4n) is 2.11. The van der Waals surface area contributed by atoms with E-state index in [4.69, 9.17) is 15.0 Å². The minimum absolute atomic E-state index is 0.339. The Balaban J connectivity index is 2.19. The van der Waals surface area contributed by atoms with Gasteiger partial charge in [-0.3, -0.25) is 4.98 Å². The molecule has 6 heteroatoms. The van der Waals surface area contributed by atoms with Gasteiger partial charge in [-0.2, -0.15) is 0 Å². The lowest BCUT2D eigenvalue weighted by Crippen LogP contribution is -1.91. The number of nitrogens with two attached hydrogens (primary N) is 1. The van der Waals surface area contributed by atoms with Crippen LogP contribution in [0.2, 0.25) is 0 Å². The molecule has 5 nitrogen and oxygen atoms in total. The molecule has 0 amide bonds. The number of nitrogens with zero attached hydrogens (tertiary/aromatic N) is 2. The molecule has 2 aromatic heterocycles. The molecular weight excluding hydrogens is 334 g/mol. The zero-order valence-corrected chi connectivity index (χ0v) is 12.8. The molecule has 0 fully saturated rings. The number of aromatic nitrogens is 2. The summed E-state index contributed by atoms with van der Waals surface area (Å²) in [6, 6.07) is 9.58. The summed E-state index contributed by atoms with van der Waals surface area (Å²) in [6.07, 6.45) is 3.29. The smallest absolute Gasteiger partial charge is 0.180 e. The van der Waals surface area contributed by atoms with Gasteiger partial charge in [0.25, 0.3) is 0 Å². The number of halogens is 1. The maximum Gasteiger partial charge on any atom is 0.180 e. The molecule has 0 aliphatic heterocycles. The van der Waals surface area contributed by atoms with E-state index in [9.17, 15) is 0 Å². The Kier molecular flexibility index (Phi) is 3.62. The third-order valence-electron chi connectivity index (χ3n) is 3.10. The second-order valence-electron chi connectivity index (χ2n) is 4.35. The summed E-state index contributed by atoms with van der Waals surface area (Å²) in [5.74, 6) is 1.51. The molecule has 0 aliphatic rings. The third kappa shape index (κ3) is 2.50. The highest BCUT2D eigenvalue weighted by molar-refractivity contribution is 9.10. The van der Waals surface area contributed by atoms with E-state index < -0.39 is 0 Å². The molecule has 0 saturated carbocycles. The van der Waals surface area contributed by atoms with Gasteiger partial charge in [0.1, 0.15) is 5.75 Å². The van der Waals surface area contributed by atoms with Crippen LogP contribution < -0.4 is 10.5 Å². The van der Waals surface area contributed by atoms with Gasteiger partial charge in [-0.15, -0.1) is 0 Å². The highest BCUT2D eigenvalue weighted by Crippen LogP contribution is 2.40. The van der Waals surface area contributed by atoms with Gasteiger partial charge in [-0.1, -0.05) is 33.2 Å². The highest BCUT2D eigenvalue weighted by Gasteiger charge is 2.20. The topological polar surface area (TPSA) is 74.2 Å². The van der Waals surface area contributed by atoms with Gasteiger partial charge in [0.15, 0.2) is 11.6 Å². The van der Waals surface area contributed by atoms with Crippen LogP contribution in [0.15, 0.2) is 51.7 Å². The Labute approximate surface area is 129 Å². The SMILES string of the molecule is COc1cnccc1-c1onc(N)c1-c1ccc(Br)cc1. The summed E-state index contributed by atoms with van der Waals surface area (Å²) >= 11 is 3.41. The molecule has 0 saturated heterocycles. The zero-order chi connectivity index (χ0) is 14.8. The molecule has 3 aromatic rings. The van der Waals surface area contributed by atoms with Crippen molar-refractivity contribution < 1.29 is 9.26 Å². The third-order valence-corrected chi connectivity index (χ3v) is 3.63. The van der Waals surface area contributed by atoms with Crippen molar-refractivity contribution in [2.24, 2.45) is 0 Å². The quantitative estimate of drug-likeness (QED) is 0.782. The van der Waals surface area contributed by atoms with Gasteiger partial charge in [-0.05, 0) is 23.8 Å². The van der Waals surface area contributed by atoms with E-state index in [-0.39, 0.29) is 0 Å². The van der Waals surface area contributed by atoms with Crippen LogP contribution in [0, 0.1) is 0 Å². The van der Waals surface area contributed by atoms with Crippen LogP contribution in [-0.2, 0) is 0 Å². The number of ether oxygens (including phenoxy) is 1. The van der Waals surface area contributed by atoms with Crippen molar-refractivity contribution in [2.75, 3.05) is 12.8 Å².